The van der Waals surface area contributed by atoms with Gasteiger partial charge in [0.25, 0.3) is 0 Å². The second-order valence-corrected chi connectivity index (χ2v) is 5.57. The van der Waals surface area contributed by atoms with Crippen LogP contribution in [-0.4, -0.2) is 28.8 Å². The van der Waals surface area contributed by atoms with Crippen LogP contribution in [0, 0.1) is 5.82 Å². The second kappa shape index (κ2) is 6.27. The minimum absolute atomic E-state index is 0.101. The van der Waals surface area contributed by atoms with Crippen molar-refractivity contribution in [2.24, 2.45) is 7.05 Å². The summed E-state index contributed by atoms with van der Waals surface area (Å²) in [6.07, 6.45) is 1.61. The molecule has 2 aromatic rings. The van der Waals surface area contributed by atoms with E-state index in [9.17, 15) is 18.8 Å². The highest BCUT2D eigenvalue weighted by molar-refractivity contribution is 6.01. The van der Waals surface area contributed by atoms with Gasteiger partial charge in [-0.1, -0.05) is 6.07 Å². The molecule has 24 heavy (non-hydrogen) atoms. The number of rotatable bonds is 4. The van der Waals surface area contributed by atoms with E-state index in [2.05, 4.69) is 5.32 Å². The summed E-state index contributed by atoms with van der Waals surface area (Å²) in [7, 11) is 1.71. The summed E-state index contributed by atoms with van der Waals surface area (Å²) in [5.74, 6) is -2.78. The molecule has 7 heteroatoms. The molecule has 1 amide bonds. The predicted octanol–water partition coefficient (Wildman–Crippen LogP) is 2.02. The fourth-order valence-corrected chi connectivity index (χ4v) is 2.71. The number of amides is 1. The first-order valence-electron chi connectivity index (χ1n) is 7.36. The fourth-order valence-electron chi connectivity index (χ4n) is 2.71. The molecule has 0 saturated heterocycles. The number of halogens is 1. The van der Waals surface area contributed by atoms with Gasteiger partial charge in [0.15, 0.2) is 6.61 Å². The smallest absolute Gasteiger partial charge is 0.314 e. The van der Waals surface area contributed by atoms with Crippen molar-refractivity contribution in [3.63, 3.8) is 0 Å². The number of carbonyl (C=O) groups is 3. The van der Waals surface area contributed by atoms with Crippen LogP contribution >= 0.6 is 0 Å². The highest BCUT2D eigenvalue weighted by Crippen LogP contribution is 2.33. The first-order valence-corrected chi connectivity index (χ1v) is 7.36. The number of aromatic nitrogens is 1. The summed E-state index contributed by atoms with van der Waals surface area (Å²) in [5.41, 5.74) is 1.15. The van der Waals surface area contributed by atoms with Gasteiger partial charge in [-0.15, -0.1) is 0 Å². The molecule has 0 unspecified atom stereocenters. The molecule has 1 atom stereocenters. The lowest BCUT2D eigenvalue weighted by atomic mass is 9.90. The number of benzene rings is 1. The maximum atomic E-state index is 13.3. The van der Waals surface area contributed by atoms with Crippen LogP contribution < -0.4 is 5.32 Å². The number of hydrogen-bond donors (Lipinski definition) is 1. The quantitative estimate of drug-likeness (QED) is 0.687. The maximum absolute atomic E-state index is 13.3. The highest BCUT2D eigenvalue weighted by Gasteiger charge is 2.32. The Kier molecular flexibility index (Phi) is 4.16. The number of Topliss-reactive ketones (excluding diaryl/α,β-unsaturated/α-hetero) is 1. The van der Waals surface area contributed by atoms with Crippen LogP contribution in [-0.2, 0) is 21.4 Å². The van der Waals surface area contributed by atoms with Gasteiger partial charge in [-0.25, -0.2) is 4.39 Å². The molecule has 0 bridgehead atoms. The van der Waals surface area contributed by atoms with E-state index in [1.165, 1.54) is 12.1 Å². The molecule has 124 valence electrons. The normalized spacial score (nSPS) is 16.2. The van der Waals surface area contributed by atoms with E-state index < -0.39 is 30.2 Å². The molecule has 2 heterocycles. The van der Waals surface area contributed by atoms with Gasteiger partial charge in [0.2, 0.25) is 11.7 Å². The Morgan fingerprint density at radius 1 is 1.38 bits per heavy atom. The molecule has 0 fully saturated rings. The van der Waals surface area contributed by atoms with Crippen LogP contribution in [0.4, 0.5) is 10.1 Å². The van der Waals surface area contributed by atoms with Crippen molar-refractivity contribution in [2.75, 3.05) is 11.9 Å². The van der Waals surface area contributed by atoms with Crippen LogP contribution in [0.15, 0.2) is 36.5 Å². The topological polar surface area (TPSA) is 77.4 Å². The number of ether oxygens (including phenoxy) is 1. The minimum Gasteiger partial charge on any atom is -0.457 e. The summed E-state index contributed by atoms with van der Waals surface area (Å²) in [4.78, 5) is 36.0. The van der Waals surface area contributed by atoms with Crippen molar-refractivity contribution in [3.05, 3.63) is 53.6 Å². The second-order valence-electron chi connectivity index (χ2n) is 5.57. The summed E-state index contributed by atoms with van der Waals surface area (Å²) in [6.45, 7) is -0.411. The predicted molar refractivity (Wildman–Crippen MR) is 83.1 cm³/mol. The van der Waals surface area contributed by atoms with Crippen LogP contribution in [0.3, 0.4) is 0 Å². The number of hydrogen-bond acceptors (Lipinski definition) is 4. The number of nitrogens with zero attached hydrogens (tertiary/aromatic N) is 1. The van der Waals surface area contributed by atoms with E-state index in [1.54, 1.807) is 29.9 Å². The third-order valence-electron chi connectivity index (χ3n) is 3.91. The number of carbonyl (C=O) groups excluding carboxylic acids is 3. The van der Waals surface area contributed by atoms with Crippen LogP contribution in [0.2, 0.25) is 0 Å². The average Bonchev–Trinajstić information content (AvgIpc) is 2.97. The first kappa shape index (κ1) is 15.9. The Hall–Kier alpha value is -2.96. The molecule has 1 aromatic carbocycles. The lowest BCUT2D eigenvalue weighted by molar-refractivity contribution is -0.145. The van der Waals surface area contributed by atoms with E-state index in [0.29, 0.717) is 11.3 Å². The third-order valence-corrected chi connectivity index (χ3v) is 3.91. The summed E-state index contributed by atoms with van der Waals surface area (Å²) in [6, 6.07) is 7.15. The molecule has 3 rings (SSSR count). The molecular formula is C17H15FN2O4. The molecular weight excluding hydrogens is 315 g/mol. The van der Waals surface area contributed by atoms with E-state index in [4.69, 9.17) is 4.74 Å². The number of anilines is 1. The van der Waals surface area contributed by atoms with Crippen molar-refractivity contribution in [1.82, 2.24) is 4.57 Å². The van der Waals surface area contributed by atoms with Gasteiger partial charge < -0.3 is 14.6 Å². The number of aryl methyl sites for hydroxylation is 1. The zero-order valence-corrected chi connectivity index (χ0v) is 12.9. The van der Waals surface area contributed by atoms with Gasteiger partial charge in [0.1, 0.15) is 5.82 Å². The molecule has 1 aliphatic heterocycles. The summed E-state index contributed by atoms with van der Waals surface area (Å²) >= 11 is 0. The minimum atomic E-state index is -0.851. The molecule has 1 aliphatic rings. The van der Waals surface area contributed by atoms with Gasteiger partial charge in [-0.2, -0.15) is 0 Å². The van der Waals surface area contributed by atoms with Crippen molar-refractivity contribution in [3.8, 4) is 0 Å². The van der Waals surface area contributed by atoms with Gasteiger partial charge in [0, 0.05) is 25.4 Å². The van der Waals surface area contributed by atoms with Crippen LogP contribution in [0.1, 0.15) is 28.4 Å². The molecule has 1 N–H and O–H groups in total. The Morgan fingerprint density at radius 2 is 2.17 bits per heavy atom. The lowest BCUT2D eigenvalue weighted by Crippen LogP contribution is -2.29. The average molecular weight is 330 g/mol. The van der Waals surface area contributed by atoms with Crippen molar-refractivity contribution in [1.29, 1.82) is 0 Å². The van der Waals surface area contributed by atoms with Gasteiger partial charge in [0.05, 0.1) is 11.6 Å². The first-order chi connectivity index (χ1) is 11.5. The van der Waals surface area contributed by atoms with E-state index in [0.717, 1.165) is 6.07 Å². The molecule has 0 spiro atoms. The Morgan fingerprint density at radius 3 is 2.88 bits per heavy atom. The Balaban J connectivity index is 1.73. The third kappa shape index (κ3) is 3.05. The SMILES string of the molecule is Cn1cccc1C(=O)COC(=O)[C@H]1CC(=O)Nc2cc(F)ccc21. The standard InChI is InChI=1S/C17H15FN2O4/c1-20-6-2-3-14(20)15(21)9-24-17(23)12-8-16(22)19-13-7-10(18)4-5-11(12)13/h2-7,12H,8-9H2,1H3,(H,19,22)/t12-/m0/s1. The van der Waals surface area contributed by atoms with Crippen LogP contribution in [0.5, 0.6) is 0 Å². The van der Waals surface area contributed by atoms with Gasteiger partial charge in [-0.3, -0.25) is 14.4 Å². The molecule has 6 nitrogen and oxygen atoms in total. The molecule has 0 aliphatic carbocycles. The van der Waals surface area contributed by atoms with Crippen molar-refractivity contribution in [2.45, 2.75) is 12.3 Å². The monoisotopic (exact) mass is 330 g/mol. The highest BCUT2D eigenvalue weighted by atomic mass is 19.1. The van der Waals surface area contributed by atoms with E-state index in [-0.39, 0.29) is 17.9 Å². The van der Waals surface area contributed by atoms with Crippen molar-refractivity contribution >= 4 is 23.3 Å². The number of fused-ring (bicyclic) bond motifs is 1. The number of esters is 1. The lowest BCUT2D eigenvalue weighted by Gasteiger charge is -2.24. The van der Waals surface area contributed by atoms with E-state index >= 15 is 0 Å². The Bertz CT molecular complexity index is 828. The summed E-state index contributed by atoms with van der Waals surface area (Å²) < 4.78 is 20.0. The maximum Gasteiger partial charge on any atom is 0.314 e. The Labute approximate surface area is 137 Å². The zero-order chi connectivity index (χ0) is 17.3. The molecule has 0 saturated carbocycles. The summed E-state index contributed by atoms with van der Waals surface area (Å²) in [5, 5.41) is 2.52. The van der Waals surface area contributed by atoms with Crippen molar-refractivity contribution < 1.29 is 23.5 Å². The number of ketones is 1. The van der Waals surface area contributed by atoms with Gasteiger partial charge >= 0.3 is 5.97 Å². The van der Waals surface area contributed by atoms with Gasteiger partial charge in [-0.05, 0) is 29.8 Å². The fraction of sp³-hybridized carbons (Fsp3) is 0.235. The zero-order valence-electron chi connectivity index (χ0n) is 12.9. The van der Waals surface area contributed by atoms with Crippen LogP contribution in [0.25, 0.3) is 0 Å². The number of nitrogens with one attached hydrogen (secondary N) is 1. The molecule has 0 radical (unpaired) electrons. The largest absolute Gasteiger partial charge is 0.457 e. The van der Waals surface area contributed by atoms with E-state index in [1.807, 2.05) is 0 Å². The molecule has 1 aromatic heterocycles.